The highest BCUT2D eigenvalue weighted by Gasteiger charge is 2.22. The first-order valence-corrected chi connectivity index (χ1v) is 8.59. The molecule has 1 aromatic carbocycles. The molecule has 112 valence electrons. The standard InChI is InChI=1S/C19H31N/c1-4-14-11-16(5-2)19(17(6-3)12-14)18(20)13-15-9-7-8-10-15/h11-12,15,18H,4-10,13,20H2,1-3H3. The highest BCUT2D eigenvalue weighted by Crippen LogP contribution is 2.34. The maximum absolute atomic E-state index is 6.62. The van der Waals surface area contributed by atoms with Crippen LogP contribution < -0.4 is 5.73 Å². The van der Waals surface area contributed by atoms with Crippen LogP contribution in [0.1, 0.15) is 81.2 Å². The summed E-state index contributed by atoms with van der Waals surface area (Å²) < 4.78 is 0. The molecule has 2 rings (SSSR count). The Morgan fingerprint density at radius 1 is 1.00 bits per heavy atom. The second-order valence-corrected chi connectivity index (χ2v) is 6.38. The quantitative estimate of drug-likeness (QED) is 0.779. The SMILES string of the molecule is CCc1cc(CC)c(C(N)CC2CCCC2)c(CC)c1. The van der Waals surface area contributed by atoms with Crippen LogP contribution >= 0.6 is 0 Å². The molecule has 0 saturated heterocycles. The fourth-order valence-corrected chi connectivity index (χ4v) is 3.84. The van der Waals surface area contributed by atoms with E-state index in [-0.39, 0.29) is 6.04 Å². The van der Waals surface area contributed by atoms with Gasteiger partial charge in [-0.1, -0.05) is 58.6 Å². The Balaban J connectivity index is 2.27. The molecule has 0 aliphatic heterocycles. The van der Waals surface area contributed by atoms with Crippen molar-refractivity contribution in [1.29, 1.82) is 0 Å². The molecule has 0 spiro atoms. The summed E-state index contributed by atoms with van der Waals surface area (Å²) in [5, 5.41) is 0. The van der Waals surface area contributed by atoms with Gasteiger partial charge in [0.2, 0.25) is 0 Å². The van der Waals surface area contributed by atoms with Crippen LogP contribution in [0.5, 0.6) is 0 Å². The zero-order chi connectivity index (χ0) is 14.5. The van der Waals surface area contributed by atoms with Gasteiger partial charge in [0.25, 0.3) is 0 Å². The van der Waals surface area contributed by atoms with Crippen molar-refractivity contribution in [3.63, 3.8) is 0 Å². The fourth-order valence-electron chi connectivity index (χ4n) is 3.84. The van der Waals surface area contributed by atoms with E-state index < -0.39 is 0 Å². The van der Waals surface area contributed by atoms with Gasteiger partial charge in [-0.05, 0) is 53.9 Å². The van der Waals surface area contributed by atoms with Gasteiger partial charge in [0.15, 0.2) is 0 Å². The molecule has 1 fully saturated rings. The maximum Gasteiger partial charge on any atom is 0.0302 e. The molecule has 0 radical (unpaired) electrons. The summed E-state index contributed by atoms with van der Waals surface area (Å²) in [6, 6.07) is 5.03. The smallest absolute Gasteiger partial charge is 0.0302 e. The van der Waals surface area contributed by atoms with Crippen molar-refractivity contribution in [1.82, 2.24) is 0 Å². The normalized spacial score (nSPS) is 17.6. The van der Waals surface area contributed by atoms with Gasteiger partial charge in [-0.15, -0.1) is 0 Å². The van der Waals surface area contributed by atoms with E-state index >= 15 is 0 Å². The van der Waals surface area contributed by atoms with Gasteiger partial charge in [0.05, 0.1) is 0 Å². The van der Waals surface area contributed by atoms with Crippen LogP contribution in [0.15, 0.2) is 12.1 Å². The Morgan fingerprint density at radius 3 is 2.00 bits per heavy atom. The van der Waals surface area contributed by atoms with Gasteiger partial charge in [-0.2, -0.15) is 0 Å². The number of benzene rings is 1. The monoisotopic (exact) mass is 273 g/mol. The topological polar surface area (TPSA) is 26.0 Å². The molecule has 0 heterocycles. The molecule has 0 amide bonds. The second-order valence-electron chi connectivity index (χ2n) is 6.38. The van der Waals surface area contributed by atoms with Crippen LogP contribution in [-0.4, -0.2) is 0 Å². The van der Waals surface area contributed by atoms with Gasteiger partial charge in [0.1, 0.15) is 0 Å². The van der Waals surface area contributed by atoms with E-state index in [4.69, 9.17) is 5.73 Å². The molecule has 1 aromatic rings. The van der Waals surface area contributed by atoms with E-state index in [9.17, 15) is 0 Å². The van der Waals surface area contributed by atoms with Crippen molar-refractivity contribution in [3.8, 4) is 0 Å². The summed E-state index contributed by atoms with van der Waals surface area (Å²) in [6.45, 7) is 6.77. The lowest BCUT2D eigenvalue weighted by Crippen LogP contribution is -2.18. The Bertz CT molecular complexity index is 404. The molecular weight excluding hydrogens is 242 g/mol. The van der Waals surface area contributed by atoms with Crippen molar-refractivity contribution < 1.29 is 0 Å². The summed E-state index contributed by atoms with van der Waals surface area (Å²) >= 11 is 0. The zero-order valence-electron chi connectivity index (χ0n) is 13.5. The summed E-state index contributed by atoms with van der Waals surface area (Å²) in [5.41, 5.74) is 12.5. The molecule has 1 aliphatic rings. The van der Waals surface area contributed by atoms with Crippen molar-refractivity contribution in [3.05, 3.63) is 34.4 Å². The van der Waals surface area contributed by atoms with Crippen molar-refractivity contribution >= 4 is 0 Å². The summed E-state index contributed by atoms with van der Waals surface area (Å²) in [6.07, 6.45) is 10.1. The molecule has 0 bridgehead atoms. The Morgan fingerprint density at radius 2 is 1.55 bits per heavy atom. The minimum absolute atomic E-state index is 0.244. The van der Waals surface area contributed by atoms with E-state index in [1.54, 1.807) is 0 Å². The molecule has 1 aliphatic carbocycles. The van der Waals surface area contributed by atoms with Crippen LogP contribution in [0, 0.1) is 5.92 Å². The summed E-state index contributed by atoms with van der Waals surface area (Å²) in [5.74, 6) is 0.866. The van der Waals surface area contributed by atoms with E-state index in [1.807, 2.05) is 0 Å². The Hall–Kier alpha value is -0.820. The molecule has 1 nitrogen and oxygen atoms in total. The first-order valence-electron chi connectivity index (χ1n) is 8.59. The van der Waals surface area contributed by atoms with Gasteiger partial charge in [-0.25, -0.2) is 0 Å². The molecule has 1 unspecified atom stereocenters. The first-order chi connectivity index (χ1) is 9.69. The minimum atomic E-state index is 0.244. The largest absolute Gasteiger partial charge is 0.324 e. The molecule has 1 heteroatoms. The van der Waals surface area contributed by atoms with E-state index in [0.29, 0.717) is 0 Å². The second kappa shape index (κ2) is 7.26. The lowest BCUT2D eigenvalue weighted by atomic mass is 9.85. The number of nitrogens with two attached hydrogens (primary N) is 1. The van der Waals surface area contributed by atoms with Crippen LogP contribution in [-0.2, 0) is 19.3 Å². The number of hydrogen-bond acceptors (Lipinski definition) is 1. The van der Waals surface area contributed by atoms with E-state index in [0.717, 1.165) is 25.2 Å². The van der Waals surface area contributed by atoms with Gasteiger partial charge in [-0.3, -0.25) is 0 Å². The van der Waals surface area contributed by atoms with Gasteiger partial charge < -0.3 is 5.73 Å². The van der Waals surface area contributed by atoms with Crippen LogP contribution in [0.25, 0.3) is 0 Å². The molecule has 0 aromatic heterocycles. The number of aryl methyl sites for hydroxylation is 3. The third kappa shape index (κ3) is 3.44. The van der Waals surface area contributed by atoms with Gasteiger partial charge in [0, 0.05) is 6.04 Å². The van der Waals surface area contributed by atoms with Crippen LogP contribution in [0.4, 0.5) is 0 Å². The van der Waals surface area contributed by atoms with E-state index in [2.05, 4.69) is 32.9 Å². The molecule has 1 atom stereocenters. The number of hydrogen-bond donors (Lipinski definition) is 1. The molecule has 2 N–H and O–H groups in total. The van der Waals surface area contributed by atoms with Crippen LogP contribution in [0.2, 0.25) is 0 Å². The third-order valence-corrected chi connectivity index (χ3v) is 5.01. The minimum Gasteiger partial charge on any atom is -0.324 e. The van der Waals surface area contributed by atoms with Crippen molar-refractivity contribution in [2.24, 2.45) is 11.7 Å². The lowest BCUT2D eigenvalue weighted by Gasteiger charge is -2.23. The average Bonchev–Trinajstić information content (AvgIpc) is 2.98. The third-order valence-electron chi connectivity index (χ3n) is 5.01. The number of rotatable bonds is 6. The maximum atomic E-state index is 6.62. The Kier molecular flexibility index (Phi) is 5.65. The highest BCUT2D eigenvalue weighted by molar-refractivity contribution is 5.41. The van der Waals surface area contributed by atoms with Gasteiger partial charge >= 0.3 is 0 Å². The fraction of sp³-hybridized carbons (Fsp3) is 0.684. The molecular formula is C19H31N. The molecule has 1 saturated carbocycles. The zero-order valence-corrected chi connectivity index (χ0v) is 13.5. The summed E-state index contributed by atoms with van der Waals surface area (Å²) in [7, 11) is 0. The predicted octanol–water partition coefficient (Wildman–Crippen LogP) is 4.95. The first kappa shape index (κ1) is 15.6. The summed E-state index contributed by atoms with van der Waals surface area (Å²) in [4.78, 5) is 0. The predicted molar refractivity (Wildman–Crippen MR) is 88.1 cm³/mol. The van der Waals surface area contributed by atoms with Crippen molar-refractivity contribution in [2.75, 3.05) is 0 Å². The molecule has 20 heavy (non-hydrogen) atoms. The van der Waals surface area contributed by atoms with Crippen molar-refractivity contribution in [2.45, 2.75) is 78.2 Å². The highest BCUT2D eigenvalue weighted by atomic mass is 14.6. The Labute approximate surface area is 125 Å². The van der Waals surface area contributed by atoms with Crippen LogP contribution in [0.3, 0.4) is 0 Å². The lowest BCUT2D eigenvalue weighted by molar-refractivity contribution is 0.448. The van der Waals surface area contributed by atoms with E-state index in [1.165, 1.54) is 54.4 Å². The average molecular weight is 273 g/mol.